The van der Waals surface area contributed by atoms with E-state index >= 15 is 0 Å². The maximum absolute atomic E-state index is 12.5. The Morgan fingerprint density at radius 2 is 2.09 bits per heavy atom. The molecule has 0 saturated heterocycles. The van der Waals surface area contributed by atoms with Crippen LogP contribution in [0.5, 0.6) is 0 Å². The molecule has 0 fully saturated rings. The SMILES string of the molecule is Cc1cc(C)n2cnc(C(=O)Nc3ccc4cc[nH]c4c3)c2n1. The maximum Gasteiger partial charge on any atom is 0.278 e. The van der Waals surface area contributed by atoms with Crippen molar-refractivity contribution in [1.82, 2.24) is 19.4 Å². The summed E-state index contributed by atoms with van der Waals surface area (Å²) in [4.78, 5) is 24.3. The Bertz CT molecular complexity index is 1040. The van der Waals surface area contributed by atoms with Crippen molar-refractivity contribution < 1.29 is 4.79 Å². The van der Waals surface area contributed by atoms with Gasteiger partial charge in [0.15, 0.2) is 11.3 Å². The predicted molar refractivity (Wildman–Crippen MR) is 88.7 cm³/mol. The van der Waals surface area contributed by atoms with Gasteiger partial charge in [-0.25, -0.2) is 9.97 Å². The monoisotopic (exact) mass is 305 g/mol. The molecule has 3 aromatic heterocycles. The number of nitrogens with one attached hydrogen (secondary N) is 2. The summed E-state index contributed by atoms with van der Waals surface area (Å²) in [7, 11) is 0. The molecule has 0 unspecified atom stereocenters. The van der Waals surface area contributed by atoms with Crippen LogP contribution in [0.15, 0.2) is 42.9 Å². The van der Waals surface area contributed by atoms with Crippen LogP contribution in [0.1, 0.15) is 21.9 Å². The van der Waals surface area contributed by atoms with Gasteiger partial charge in [-0.3, -0.25) is 9.20 Å². The van der Waals surface area contributed by atoms with Gasteiger partial charge in [0.05, 0.1) is 0 Å². The van der Waals surface area contributed by atoms with Crippen LogP contribution in [-0.4, -0.2) is 25.3 Å². The van der Waals surface area contributed by atoms with Gasteiger partial charge >= 0.3 is 0 Å². The van der Waals surface area contributed by atoms with Crippen LogP contribution in [0.2, 0.25) is 0 Å². The molecule has 0 aliphatic rings. The lowest BCUT2D eigenvalue weighted by atomic mass is 10.2. The molecule has 0 spiro atoms. The second-order valence-electron chi connectivity index (χ2n) is 5.56. The minimum atomic E-state index is -0.268. The van der Waals surface area contributed by atoms with Gasteiger partial charge in [0.1, 0.15) is 6.33 Å². The molecule has 0 atom stereocenters. The number of nitrogens with zero attached hydrogens (tertiary/aromatic N) is 3. The third-order valence-corrected chi connectivity index (χ3v) is 3.85. The van der Waals surface area contributed by atoms with Crippen molar-refractivity contribution in [1.29, 1.82) is 0 Å². The van der Waals surface area contributed by atoms with E-state index in [1.807, 2.05) is 54.8 Å². The van der Waals surface area contributed by atoms with E-state index in [1.165, 1.54) is 0 Å². The van der Waals surface area contributed by atoms with E-state index in [2.05, 4.69) is 20.3 Å². The molecule has 1 amide bonds. The molecule has 6 heteroatoms. The van der Waals surface area contributed by atoms with Crippen molar-refractivity contribution in [2.45, 2.75) is 13.8 Å². The lowest BCUT2D eigenvalue weighted by Gasteiger charge is -2.05. The third-order valence-electron chi connectivity index (χ3n) is 3.85. The molecule has 0 aliphatic heterocycles. The second-order valence-corrected chi connectivity index (χ2v) is 5.56. The molecular formula is C17H15N5O. The van der Waals surface area contributed by atoms with E-state index in [0.717, 1.165) is 28.0 Å². The molecule has 23 heavy (non-hydrogen) atoms. The van der Waals surface area contributed by atoms with Gasteiger partial charge in [-0.15, -0.1) is 0 Å². The van der Waals surface area contributed by atoms with Crippen LogP contribution < -0.4 is 5.32 Å². The number of aromatic nitrogens is 4. The zero-order valence-electron chi connectivity index (χ0n) is 12.8. The molecule has 4 rings (SSSR count). The van der Waals surface area contributed by atoms with Gasteiger partial charge in [0.25, 0.3) is 5.91 Å². The van der Waals surface area contributed by atoms with Gasteiger partial charge in [0, 0.05) is 28.8 Å². The average Bonchev–Trinajstić information content (AvgIpc) is 3.12. The minimum Gasteiger partial charge on any atom is -0.361 e. The molecule has 114 valence electrons. The van der Waals surface area contributed by atoms with Crippen LogP contribution in [0.25, 0.3) is 16.6 Å². The molecular weight excluding hydrogens is 290 g/mol. The van der Waals surface area contributed by atoms with Gasteiger partial charge in [-0.1, -0.05) is 6.07 Å². The second kappa shape index (κ2) is 4.95. The predicted octanol–water partition coefficient (Wildman–Crippen LogP) is 3.08. The molecule has 0 radical (unpaired) electrons. The summed E-state index contributed by atoms with van der Waals surface area (Å²) >= 11 is 0. The molecule has 3 heterocycles. The number of carbonyl (C=O) groups is 1. The summed E-state index contributed by atoms with van der Waals surface area (Å²) in [6.07, 6.45) is 3.49. The molecule has 0 saturated carbocycles. The smallest absolute Gasteiger partial charge is 0.278 e. The number of hydrogen-bond donors (Lipinski definition) is 2. The lowest BCUT2D eigenvalue weighted by Crippen LogP contribution is -2.13. The van der Waals surface area contributed by atoms with Gasteiger partial charge in [-0.2, -0.15) is 0 Å². The van der Waals surface area contributed by atoms with Gasteiger partial charge in [0.2, 0.25) is 0 Å². The molecule has 4 aromatic rings. The summed E-state index contributed by atoms with van der Waals surface area (Å²) in [6.45, 7) is 3.87. The van der Waals surface area contributed by atoms with Crippen LogP contribution in [-0.2, 0) is 0 Å². The summed E-state index contributed by atoms with van der Waals surface area (Å²) in [6, 6.07) is 9.67. The largest absolute Gasteiger partial charge is 0.361 e. The number of rotatable bonds is 2. The highest BCUT2D eigenvalue weighted by Crippen LogP contribution is 2.19. The van der Waals surface area contributed by atoms with E-state index < -0.39 is 0 Å². The fraction of sp³-hybridized carbons (Fsp3) is 0.118. The Hall–Kier alpha value is -3.15. The first-order valence-electron chi connectivity index (χ1n) is 7.31. The van der Waals surface area contributed by atoms with Crippen LogP contribution in [0, 0.1) is 13.8 Å². The number of aromatic amines is 1. The van der Waals surface area contributed by atoms with Crippen molar-refractivity contribution >= 4 is 28.1 Å². The fourth-order valence-corrected chi connectivity index (χ4v) is 2.75. The van der Waals surface area contributed by atoms with Crippen molar-refractivity contribution in [3.8, 4) is 0 Å². The van der Waals surface area contributed by atoms with Gasteiger partial charge in [-0.05, 0) is 43.5 Å². The molecule has 1 aromatic carbocycles. The third kappa shape index (κ3) is 2.24. The first kappa shape index (κ1) is 13.5. The Balaban J connectivity index is 1.71. The normalized spacial score (nSPS) is 11.2. The zero-order chi connectivity index (χ0) is 16.0. The highest BCUT2D eigenvalue weighted by atomic mass is 16.1. The summed E-state index contributed by atoms with van der Waals surface area (Å²) in [5.74, 6) is -0.268. The first-order chi connectivity index (χ1) is 11.1. The summed E-state index contributed by atoms with van der Waals surface area (Å²) in [5, 5.41) is 3.98. The van der Waals surface area contributed by atoms with Crippen molar-refractivity contribution in [2.75, 3.05) is 5.32 Å². The lowest BCUT2D eigenvalue weighted by molar-refractivity contribution is 0.102. The number of anilines is 1. The number of carbonyl (C=O) groups excluding carboxylic acids is 1. The van der Waals surface area contributed by atoms with E-state index in [0.29, 0.717) is 11.3 Å². The van der Waals surface area contributed by atoms with Gasteiger partial charge < -0.3 is 10.3 Å². The maximum atomic E-state index is 12.5. The Morgan fingerprint density at radius 3 is 2.96 bits per heavy atom. The molecule has 0 aliphatic carbocycles. The minimum absolute atomic E-state index is 0.268. The van der Waals surface area contributed by atoms with Crippen molar-refractivity contribution in [3.63, 3.8) is 0 Å². The van der Waals surface area contributed by atoms with Crippen LogP contribution in [0.3, 0.4) is 0 Å². The van der Waals surface area contributed by atoms with Crippen LogP contribution in [0.4, 0.5) is 5.69 Å². The van der Waals surface area contributed by atoms with E-state index in [9.17, 15) is 4.79 Å². The Kier molecular flexibility index (Phi) is 2.90. The number of hydrogen-bond acceptors (Lipinski definition) is 3. The summed E-state index contributed by atoms with van der Waals surface area (Å²) < 4.78 is 1.82. The highest BCUT2D eigenvalue weighted by Gasteiger charge is 2.16. The number of imidazole rings is 1. The number of amides is 1. The Morgan fingerprint density at radius 1 is 1.22 bits per heavy atom. The Labute approximate surface area is 132 Å². The number of benzene rings is 1. The van der Waals surface area contributed by atoms with Crippen molar-refractivity contribution in [3.05, 3.63) is 59.9 Å². The van der Waals surface area contributed by atoms with E-state index in [-0.39, 0.29) is 5.91 Å². The highest BCUT2D eigenvalue weighted by molar-refractivity contribution is 6.07. The number of aryl methyl sites for hydroxylation is 2. The first-order valence-corrected chi connectivity index (χ1v) is 7.31. The summed E-state index contributed by atoms with van der Waals surface area (Å²) in [5.41, 5.74) is 4.44. The van der Waals surface area contributed by atoms with E-state index in [1.54, 1.807) is 6.33 Å². The molecule has 0 bridgehead atoms. The average molecular weight is 305 g/mol. The van der Waals surface area contributed by atoms with Crippen LogP contribution >= 0.6 is 0 Å². The molecule has 2 N–H and O–H groups in total. The molecule has 6 nitrogen and oxygen atoms in total. The van der Waals surface area contributed by atoms with Crippen molar-refractivity contribution in [2.24, 2.45) is 0 Å². The van der Waals surface area contributed by atoms with E-state index in [4.69, 9.17) is 0 Å². The topological polar surface area (TPSA) is 75.1 Å². The number of H-pyrrole nitrogens is 1. The quantitative estimate of drug-likeness (QED) is 0.597. The zero-order valence-corrected chi connectivity index (χ0v) is 12.8. The standard InChI is InChI=1S/C17H15N5O/c1-10-7-11(2)22-9-19-15(16(22)20-10)17(23)21-13-4-3-12-5-6-18-14(12)8-13/h3-9,18H,1-2H3,(H,21,23). The number of fused-ring (bicyclic) bond motifs is 2. The fourth-order valence-electron chi connectivity index (χ4n) is 2.75.